The number of ketones is 1. The molecular weight excluding hydrogens is 244 g/mol. The first kappa shape index (κ1) is 15.0. The molecular formula is C14H18N2O3. The Kier molecular flexibility index (Phi) is 6.46. The Morgan fingerprint density at radius 1 is 1.26 bits per heavy atom. The fourth-order valence-electron chi connectivity index (χ4n) is 1.76. The fourth-order valence-corrected chi connectivity index (χ4v) is 1.76. The van der Waals surface area contributed by atoms with Crippen LogP contribution in [-0.4, -0.2) is 49.6 Å². The first-order valence-corrected chi connectivity index (χ1v) is 6.08. The molecule has 1 unspecified atom stereocenters. The zero-order chi connectivity index (χ0) is 14.1. The fraction of sp³-hybridized carbons (Fsp3) is 0.357. The Bertz CT molecular complexity index is 420. The normalized spacial score (nSPS) is 19.0. The average Bonchev–Trinajstić information content (AvgIpc) is 2.44. The van der Waals surface area contributed by atoms with Crippen molar-refractivity contribution in [2.45, 2.75) is 12.5 Å². The van der Waals surface area contributed by atoms with Crippen molar-refractivity contribution in [3.63, 3.8) is 0 Å². The van der Waals surface area contributed by atoms with Gasteiger partial charge in [-0.25, -0.2) is 0 Å². The highest BCUT2D eigenvalue weighted by molar-refractivity contribution is 5.88. The Hall–Kier alpha value is -2.01. The first-order chi connectivity index (χ1) is 9.17. The summed E-state index contributed by atoms with van der Waals surface area (Å²) in [6.45, 7) is 1.32. The van der Waals surface area contributed by atoms with E-state index in [-0.39, 0.29) is 11.8 Å². The lowest BCUT2D eigenvalue weighted by Crippen LogP contribution is -2.48. The maximum atomic E-state index is 11.1. The van der Waals surface area contributed by atoms with Gasteiger partial charge in [-0.2, -0.15) is 0 Å². The quantitative estimate of drug-likeness (QED) is 0.806. The number of nitrogens with one attached hydrogen (secondary N) is 1. The van der Waals surface area contributed by atoms with Crippen LogP contribution in [0.25, 0.3) is 0 Å². The van der Waals surface area contributed by atoms with E-state index in [1.165, 1.54) is 0 Å². The van der Waals surface area contributed by atoms with E-state index in [0.29, 0.717) is 13.0 Å². The van der Waals surface area contributed by atoms with E-state index in [0.717, 1.165) is 24.8 Å². The van der Waals surface area contributed by atoms with E-state index < -0.39 is 0 Å². The molecule has 5 heteroatoms. The standard InChI is InChI=1S/C7H12N2O2.C7H6O/c1-9-3-2-6(8-5-10)7(11)4-9;8-6-7-4-2-1-3-5-7/h5-6H,2-4H2,1H3,(H,8,10);1-6H. The summed E-state index contributed by atoms with van der Waals surface area (Å²) in [5.41, 5.74) is 0.729. The molecule has 1 aromatic rings. The Morgan fingerprint density at radius 2 is 1.95 bits per heavy atom. The van der Waals surface area contributed by atoms with Crippen molar-refractivity contribution in [1.82, 2.24) is 10.2 Å². The van der Waals surface area contributed by atoms with Crippen LogP contribution in [-0.2, 0) is 9.59 Å². The monoisotopic (exact) mass is 262 g/mol. The number of piperidine rings is 1. The minimum atomic E-state index is -0.247. The maximum Gasteiger partial charge on any atom is 0.207 e. The van der Waals surface area contributed by atoms with Crippen molar-refractivity contribution in [1.29, 1.82) is 0 Å². The van der Waals surface area contributed by atoms with Crippen LogP contribution in [0.15, 0.2) is 30.3 Å². The number of hydrogen-bond donors (Lipinski definition) is 1. The smallest absolute Gasteiger partial charge is 0.207 e. The Balaban J connectivity index is 0.000000200. The number of amides is 1. The van der Waals surface area contributed by atoms with E-state index in [2.05, 4.69) is 5.32 Å². The van der Waals surface area contributed by atoms with Gasteiger partial charge in [0, 0.05) is 12.1 Å². The molecule has 1 saturated heterocycles. The van der Waals surface area contributed by atoms with Crippen molar-refractivity contribution < 1.29 is 14.4 Å². The van der Waals surface area contributed by atoms with Gasteiger partial charge in [-0.05, 0) is 13.5 Å². The zero-order valence-corrected chi connectivity index (χ0v) is 10.9. The number of aldehydes is 1. The van der Waals surface area contributed by atoms with Crippen molar-refractivity contribution in [3.05, 3.63) is 35.9 Å². The molecule has 2 rings (SSSR count). The molecule has 0 saturated carbocycles. The van der Waals surface area contributed by atoms with Crippen molar-refractivity contribution >= 4 is 18.5 Å². The molecule has 0 spiro atoms. The SMILES string of the molecule is CN1CCC(NC=O)C(=O)C1.O=Cc1ccccc1. The molecule has 1 fully saturated rings. The van der Waals surface area contributed by atoms with Crippen LogP contribution in [0.4, 0.5) is 0 Å². The van der Waals surface area contributed by atoms with E-state index in [1.54, 1.807) is 12.1 Å². The van der Waals surface area contributed by atoms with Crippen LogP contribution in [0.5, 0.6) is 0 Å². The van der Waals surface area contributed by atoms with Gasteiger partial charge in [0.25, 0.3) is 0 Å². The average molecular weight is 262 g/mol. The lowest BCUT2D eigenvalue weighted by Gasteiger charge is -2.26. The highest BCUT2D eigenvalue weighted by Crippen LogP contribution is 2.03. The molecule has 1 aliphatic rings. The van der Waals surface area contributed by atoms with Crippen molar-refractivity contribution in [2.24, 2.45) is 0 Å². The number of likely N-dealkylation sites (tertiary alicyclic amines) is 1. The number of carbonyl (C=O) groups is 3. The van der Waals surface area contributed by atoms with E-state index in [4.69, 9.17) is 0 Å². The number of benzene rings is 1. The molecule has 5 nitrogen and oxygen atoms in total. The van der Waals surface area contributed by atoms with Gasteiger partial charge in [0.2, 0.25) is 6.41 Å². The largest absolute Gasteiger partial charge is 0.349 e. The first-order valence-electron chi connectivity index (χ1n) is 6.08. The van der Waals surface area contributed by atoms with Gasteiger partial charge in [0.15, 0.2) is 5.78 Å². The second-order valence-electron chi connectivity index (χ2n) is 4.36. The summed E-state index contributed by atoms with van der Waals surface area (Å²) in [4.78, 5) is 33.1. The molecule has 1 amide bonds. The summed E-state index contributed by atoms with van der Waals surface area (Å²) in [5.74, 6) is 0.103. The number of carbonyl (C=O) groups excluding carboxylic acids is 3. The number of nitrogens with zero attached hydrogens (tertiary/aromatic N) is 1. The molecule has 1 heterocycles. The predicted molar refractivity (Wildman–Crippen MR) is 71.9 cm³/mol. The highest BCUT2D eigenvalue weighted by Gasteiger charge is 2.23. The molecule has 0 radical (unpaired) electrons. The summed E-state index contributed by atoms with van der Waals surface area (Å²) >= 11 is 0. The minimum absolute atomic E-state index is 0.103. The number of Topliss-reactive ketones (excluding diaryl/α,β-unsaturated/α-hetero) is 1. The van der Waals surface area contributed by atoms with Gasteiger partial charge in [0.1, 0.15) is 6.29 Å². The van der Waals surface area contributed by atoms with E-state index in [9.17, 15) is 14.4 Å². The van der Waals surface area contributed by atoms with Crippen LogP contribution >= 0.6 is 0 Å². The van der Waals surface area contributed by atoms with E-state index >= 15 is 0 Å². The van der Waals surface area contributed by atoms with Gasteiger partial charge >= 0.3 is 0 Å². The van der Waals surface area contributed by atoms with Crippen LogP contribution < -0.4 is 5.32 Å². The Morgan fingerprint density at radius 3 is 2.42 bits per heavy atom. The topological polar surface area (TPSA) is 66.5 Å². The van der Waals surface area contributed by atoms with Crippen LogP contribution in [0, 0.1) is 0 Å². The second-order valence-corrected chi connectivity index (χ2v) is 4.36. The molecule has 19 heavy (non-hydrogen) atoms. The lowest BCUT2D eigenvalue weighted by molar-refractivity contribution is -0.126. The second kappa shape index (κ2) is 8.16. The molecule has 0 aromatic heterocycles. The summed E-state index contributed by atoms with van der Waals surface area (Å²) in [5, 5.41) is 2.50. The van der Waals surface area contributed by atoms with Crippen LogP contribution in [0.2, 0.25) is 0 Å². The van der Waals surface area contributed by atoms with Gasteiger partial charge in [-0.1, -0.05) is 30.3 Å². The third-order valence-electron chi connectivity index (χ3n) is 2.82. The van der Waals surface area contributed by atoms with Gasteiger partial charge in [0.05, 0.1) is 12.6 Å². The van der Waals surface area contributed by atoms with E-state index in [1.807, 2.05) is 30.1 Å². The van der Waals surface area contributed by atoms with Crippen molar-refractivity contribution in [3.8, 4) is 0 Å². The molecule has 1 aliphatic heterocycles. The number of rotatable bonds is 3. The maximum absolute atomic E-state index is 11.1. The lowest BCUT2D eigenvalue weighted by atomic mass is 10.0. The zero-order valence-electron chi connectivity index (χ0n) is 10.9. The van der Waals surface area contributed by atoms with Crippen LogP contribution in [0.3, 0.4) is 0 Å². The highest BCUT2D eigenvalue weighted by atomic mass is 16.1. The molecule has 1 atom stereocenters. The third-order valence-corrected chi connectivity index (χ3v) is 2.82. The summed E-state index contributed by atoms with van der Waals surface area (Å²) in [6.07, 6.45) is 2.15. The number of hydrogen-bond acceptors (Lipinski definition) is 4. The predicted octanol–water partition coefficient (Wildman–Crippen LogP) is 0.505. The molecule has 0 bridgehead atoms. The van der Waals surface area contributed by atoms with Crippen molar-refractivity contribution in [2.75, 3.05) is 20.1 Å². The molecule has 0 aliphatic carbocycles. The van der Waals surface area contributed by atoms with Gasteiger partial charge in [-0.3, -0.25) is 19.3 Å². The van der Waals surface area contributed by atoms with Gasteiger partial charge in [-0.15, -0.1) is 0 Å². The molecule has 1 N–H and O–H groups in total. The molecule has 1 aromatic carbocycles. The number of likely N-dealkylation sites (N-methyl/N-ethyl adjacent to an activating group) is 1. The summed E-state index contributed by atoms with van der Waals surface area (Å²) < 4.78 is 0. The minimum Gasteiger partial charge on any atom is -0.349 e. The third kappa shape index (κ3) is 5.44. The Labute approximate surface area is 112 Å². The van der Waals surface area contributed by atoms with Gasteiger partial charge < -0.3 is 5.32 Å². The van der Waals surface area contributed by atoms with Crippen LogP contribution in [0.1, 0.15) is 16.8 Å². The summed E-state index contributed by atoms with van der Waals surface area (Å²) in [6, 6.07) is 8.85. The molecule has 102 valence electrons. The summed E-state index contributed by atoms with van der Waals surface area (Å²) in [7, 11) is 1.90.